The number of anilines is 1. The summed E-state index contributed by atoms with van der Waals surface area (Å²) < 4.78 is 17.0. The highest BCUT2D eigenvalue weighted by molar-refractivity contribution is 7.18. The first-order valence-corrected chi connectivity index (χ1v) is 8.74. The van der Waals surface area contributed by atoms with Crippen LogP contribution in [0.1, 0.15) is 22.8 Å². The highest BCUT2D eigenvalue weighted by Gasteiger charge is 2.17. The maximum atomic E-state index is 12.1. The number of carbonyl (C=O) groups excluding carboxylic acids is 1. The fourth-order valence-electron chi connectivity index (χ4n) is 2.57. The maximum Gasteiger partial charge on any atom is 0.339 e. The third-order valence-corrected chi connectivity index (χ3v) is 4.82. The molecule has 25 heavy (non-hydrogen) atoms. The molecule has 0 saturated heterocycles. The molecule has 130 valence electrons. The van der Waals surface area contributed by atoms with E-state index in [-0.39, 0.29) is 5.97 Å². The van der Waals surface area contributed by atoms with Crippen LogP contribution in [0.25, 0.3) is 10.1 Å². The van der Waals surface area contributed by atoms with Gasteiger partial charge in [-0.3, -0.25) is 0 Å². The highest BCUT2D eigenvalue weighted by atomic mass is 32.1. The van der Waals surface area contributed by atoms with Crippen LogP contribution in [0.3, 0.4) is 0 Å². The van der Waals surface area contributed by atoms with E-state index in [1.165, 1.54) is 11.3 Å². The number of fused-ring (bicyclic) bond motifs is 1. The van der Waals surface area contributed by atoms with Gasteiger partial charge in [0.05, 0.1) is 24.0 Å². The molecule has 0 radical (unpaired) electrons. The molecule has 0 spiro atoms. The minimum absolute atomic E-state index is 0.335. The third kappa shape index (κ3) is 3.53. The lowest BCUT2D eigenvalue weighted by atomic mass is 10.1. The summed E-state index contributed by atoms with van der Waals surface area (Å²) in [6.45, 7) is 2.47. The molecule has 0 unspecified atom stereocenters. The SMILES string of the molecule is CCOC(=O)c1ccc(N)c2c(COc3cccc(OC)c3)csc12. The number of nitrogen functional groups attached to an aromatic ring is 1. The van der Waals surface area contributed by atoms with E-state index in [1.54, 1.807) is 26.2 Å². The second kappa shape index (κ2) is 7.44. The van der Waals surface area contributed by atoms with Crippen LogP contribution in [0.5, 0.6) is 11.5 Å². The van der Waals surface area contributed by atoms with E-state index in [1.807, 2.05) is 29.6 Å². The fourth-order valence-corrected chi connectivity index (χ4v) is 3.66. The molecular formula is C19H19NO4S. The third-order valence-electron chi connectivity index (χ3n) is 3.76. The lowest BCUT2D eigenvalue weighted by Gasteiger charge is -2.09. The molecule has 0 atom stereocenters. The Balaban J connectivity index is 1.89. The van der Waals surface area contributed by atoms with Crippen LogP contribution < -0.4 is 15.2 Å². The van der Waals surface area contributed by atoms with E-state index < -0.39 is 0 Å². The van der Waals surface area contributed by atoms with Gasteiger partial charge in [-0.1, -0.05) is 6.07 Å². The molecular weight excluding hydrogens is 338 g/mol. The lowest BCUT2D eigenvalue weighted by Crippen LogP contribution is -2.05. The largest absolute Gasteiger partial charge is 0.497 e. The van der Waals surface area contributed by atoms with Crippen LogP contribution >= 0.6 is 11.3 Å². The van der Waals surface area contributed by atoms with Gasteiger partial charge in [0.1, 0.15) is 18.1 Å². The van der Waals surface area contributed by atoms with E-state index in [9.17, 15) is 4.79 Å². The zero-order chi connectivity index (χ0) is 17.8. The van der Waals surface area contributed by atoms with Crippen molar-refractivity contribution in [2.24, 2.45) is 0 Å². The molecule has 0 aliphatic rings. The maximum absolute atomic E-state index is 12.1. The Morgan fingerprint density at radius 3 is 2.76 bits per heavy atom. The summed E-state index contributed by atoms with van der Waals surface area (Å²) in [6, 6.07) is 10.9. The molecule has 1 heterocycles. The van der Waals surface area contributed by atoms with Crippen molar-refractivity contribution >= 4 is 33.1 Å². The van der Waals surface area contributed by atoms with Crippen LogP contribution in [-0.4, -0.2) is 19.7 Å². The van der Waals surface area contributed by atoms with Crippen LogP contribution in [0.2, 0.25) is 0 Å². The van der Waals surface area contributed by atoms with Gasteiger partial charge in [-0.05, 0) is 36.6 Å². The van der Waals surface area contributed by atoms with Crippen LogP contribution in [0.15, 0.2) is 41.8 Å². The Labute approximate surface area is 149 Å². The number of methoxy groups -OCH3 is 1. The van der Waals surface area contributed by atoms with Gasteiger partial charge in [-0.25, -0.2) is 4.79 Å². The summed E-state index contributed by atoms with van der Waals surface area (Å²) in [7, 11) is 1.61. The topological polar surface area (TPSA) is 70.8 Å². The minimum Gasteiger partial charge on any atom is -0.497 e. The van der Waals surface area contributed by atoms with Gasteiger partial charge in [-0.15, -0.1) is 11.3 Å². The molecule has 3 aromatic rings. The number of ether oxygens (including phenoxy) is 3. The van der Waals surface area contributed by atoms with Gasteiger partial charge >= 0.3 is 5.97 Å². The van der Waals surface area contributed by atoms with Crippen molar-refractivity contribution in [3.05, 3.63) is 52.9 Å². The first-order valence-electron chi connectivity index (χ1n) is 7.86. The van der Waals surface area contributed by atoms with Crippen molar-refractivity contribution in [1.29, 1.82) is 0 Å². The number of thiophene rings is 1. The Hall–Kier alpha value is -2.73. The molecule has 1 aromatic heterocycles. The second-order valence-electron chi connectivity index (χ2n) is 5.36. The normalized spacial score (nSPS) is 10.6. The number of hydrogen-bond acceptors (Lipinski definition) is 6. The van der Waals surface area contributed by atoms with Crippen LogP contribution in [0.4, 0.5) is 5.69 Å². The summed E-state index contributed by atoms with van der Waals surface area (Å²) in [5.41, 5.74) is 8.22. The van der Waals surface area contributed by atoms with Crippen molar-refractivity contribution < 1.29 is 19.0 Å². The predicted octanol–water partition coefficient (Wildman–Crippen LogP) is 4.25. The van der Waals surface area contributed by atoms with E-state index in [4.69, 9.17) is 19.9 Å². The monoisotopic (exact) mass is 357 g/mol. The molecule has 2 aromatic carbocycles. The van der Waals surface area contributed by atoms with Gasteiger partial charge in [0, 0.05) is 22.7 Å². The Morgan fingerprint density at radius 1 is 1.20 bits per heavy atom. The zero-order valence-corrected chi connectivity index (χ0v) is 14.9. The summed E-state index contributed by atoms with van der Waals surface area (Å²) in [5, 5.41) is 2.81. The molecule has 2 N–H and O–H groups in total. The smallest absolute Gasteiger partial charge is 0.339 e. The van der Waals surface area contributed by atoms with Crippen molar-refractivity contribution in [2.75, 3.05) is 19.5 Å². The molecule has 5 nitrogen and oxygen atoms in total. The molecule has 0 bridgehead atoms. The van der Waals surface area contributed by atoms with E-state index in [2.05, 4.69) is 0 Å². The number of esters is 1. The highest BCUT2D eigenvalue weighted by Crippen LogP contribution is 2.35. The van der Waals surface area contributed by atoms with Crippen LogP contribution in [-0.2, 0) is 11.3 Å². The summed E-state index contributed by atoms with van der Waals surface area (Å²) in [5.74, 6) is 1.10. The van der Waals surface area contributed by atoms with E-state index in [0.29, 0.717) is 30.2 Å². The molecule has 3 rings (SSSR count). The molecule has 6 heteroatoms. The lowest BCUT2D eigenvalue weighted by molar-refractivity contribution is 0.0529. The van der Waals surface area contributed by atoms with Gasteiger partial charge in [0.25, 0.3) is 0 Å². The second-order valence-corrected chi connectivity index (χ2v) is 6.24. The van der Waals surface area contributed by atoms with Crippen molar-refractivity contribution in [3.8, 4) is 11.5 Å². The summed E-state index contributed by atoms with van der Waals surface area (Å²) in [6.07, 6.45) is 0. The van der Waals surface area contributed by atoms with Gasteiger partial charge in [0.2, 0.25) is 0 Å². The zero-order valence-electron chi connectivity index (χ0n) is 14.1. The molecule has 0 fully saturated rings. The standard InChI is InChI=1S/C19H19NO4S/c1-3-23-19(21)15-7-8-16(20)17-12(11-25-18(15)17)10-24-14-6-4-5-13(9-14)22-2/h4-9,11H,3,10,20H2,1-2H3. The molecule has 0 saturated carbocycles. The van der Waals surface area contributed by atoms with Crippen molar-refractivity contribution in [1.82, 2.24) is 0 Å². The molecule has 0 aliphatic carbocycles. The van der Waals surface area contributed by atoms with Gasteiger partial charge in [-0.2, -0.15) is 0 Å². The fraction of sp³-hybridized carbons (Fsp3) is 0.211. The number of rotatable bonds is 6. The Morgan fingerprint density at radius 2 is 2.00 bits per heavy atom. The average molecular weight is 357 g/mol. The number of carbonyl (C=O) groups is 1. The Bertz CT molecular complexity index is 904. The number of hydrogen-bond donors (Lipinski definition) is 1. The first kappa shape index (κ1) is 17.1. The van der Waals surface area contributed by atoms with Crippen LogP contribution in [0, 0.1) is 0 Å². The van der Waals surface area contributed by atoms with E-state index in [0.717, 1.165) is 21.4 Å². The first-order chi connectivity index (χ1) is 12.1. The average Bonchev–Trinajstić information content (AvgIpc) is 3.05. The van der Waals surface area contributed by atoms with E-state index >= 15 is 0 Å². The van der Waals surface area contributed by atoms with Gasteiger partial charge < -0.3 is 19.9 Å². The number of nitrogens with two attached hydrogens (primary N) is 1. The Kier molecular flexibility index (Phi) is 5.09. The summed E-state index contributed by atoms with van der Waals surface area (Å²) >= 11 is 1.47. The number of benzene rings is 2. The van der Waals surface area contributed by atoms with Crippen molar-refractivity contribution in [3.63, 3.8) is 0 Å². The van der Waals surface area contributed by atoms with Gasteiger partial charge in [0.15, 0.2) is 0 Å². The van der Waals surface area contributed by atoms with Crippen molar-refractivity contribution in [2.45, 2.75) is 13.5 Å². The quantitative estimate of drug-likeness (QED) is 0.527. The minimum atomic E-state index is -0.338. The molecule has 0 aliphatic heterocycles. The molecule has 0 amide bonds. The predicted molar refractivity (Wildman–Crippen MR) is 99.5 cm³/mol. The summed E-state index contributed by atoms with van der Waals surface area (Å²) in [4.78, 5) is 12.1.